The molecule has 2 atom stereocenters. The lowest BCUT2D eigenvalue weighted by Crippen LogP contribution is -2.41. The Bertz CT molecular complexity index is 741. The average molecular weight is 293 g/mol. The van der Waals surface area contributed by atoms with Crippen molar-refractivity contribution in [2.75, 3.05) is 0 Å². The number of hydrogen-bond acceptors (Lipinski definition) is 4. The van der Waals surface area contributed by atoms with Crippen molar-refractivity contribution in [3.8, 4) is 11.1 Å². The predicted molar refractivity (Wildman–Crippen MR) is 85.9 cm³/mol. The molecule has 1 spiro atoms. The Morgan fingerprint density at radius 3 is 2.77 bits per heavy atom. The van der Waals surface area contributed by atoms with Crippen molar-refractivity contribution in [2.45, 2.75) is 44.8 Å². The van der Waals surface area contributed by atoms with Crippen LogP contribution in [0.2, 0.25) is 0 Å². The fraction of sp³-hybridized carbons (Fsp3) is 0.389. The van der Waals surface area contributed by atoms with Crippen LogP contribution in [0.3, 0.4) is 0 Å². The zero-order chi connectivity index (χ0) is 15.2. The second-order valence-corrected chi connectivity index (χ2v) is 6.24. The third kappa shape index (κ3) is 2.02. The number of aliphatic imine (C=N–C) groups is 1. The number of ether oxygens (including phenoxy) is 1. The SMILES string of the molecule is CC1=N[C@]2(CCc3c(cccc3-c3cncnc3)C2)[C@@H](C)O1. The summed E-state index contributed by atoms with van der Waals surface area (Å²) >= 11 is 0. The summed E-state index contributed by atoms with van der Waals surface area (Å²) in [7, 11) is 0. The molecule has 0 bridgehead atoms. The average Bonchev–Trinajstić information content (AvgIpc) is 2.80. The van der Waals surface area contributed by atoms with E-state index in [2.05, 4.69) is 35.1 Å². The fourth-order valence-corrected chi connectivity index (χ4v) is 3.80. The maximum atomic E-state index is 5.81. The first-order valence-electron chi connectivity index (χ1n) is 7.77. The molecule has 0 saturated carbocycles. The summed E-state index contributed by atoms with van der Waals surface area (Å²) in [4.78, 5) is 13.1. The van der Waals surface area contributed by atoms with E-state index in [1.54, 1.807) is 6.33 Å². The summed E-state index contributed by atoms with van der Waals surface area (Å²) in [5, 5.41) is 0. The Labute approximate surface area is 130 Å². The summed E-state index contributed by atoms with van der Waals surface area (Å²) in [6.07, 6.45) is 8.50. The lowest BCUT2D eigenvalue weighted by atomic mass is 9.74. The smallest absolute Gasteiger partial charge is 0.181 e. The molecular formula is C18H19N3O. The first-order chi connectivity index (χ1) is 10.7. The van der Waals surface area contributed by atoms with Gasteiger partial charge in [0.2, 0.25) is 0 Å². The van der Waals surface area contributed by atoms with Gasteiger partial charge in [-0.2, -0.15) is 0 Å². The number of hydrogen-bond donors (Lipinski definition) is 0. The third-order valence-corrected chi connectivity index (χ3v) is 4.93. The van der Waals surface area contributed by atoms with Gasteiger partial charge in [-0.25, -0.2) is 15.0 Å². The lowest BCUT2D eigenvalue weighted by molar-refractivity contribution is 0.141. The largest absolute Gasteiger partial charge is 0.476 e. The molecule has 1 aliphatic heterocycles. The minimum Gasteiger partial charge on any atom is -0.476 e. The van der Waals surface area contributed by atoms with E-state index in [0.29, 0.717) is 0 Å². The van der Waals surface area contributed by atoms with Crippen molar-refractivity contribution in [1.29, 1.82) is 0 Å². The molecule has 4 heteroatoms. The fourth-order valence-electron chi connectivity index (χ4n) is 3.80. The molecule has 0 saturated heterocycles. The van der Waals surface area contributed by atoms with Gasteiger partial charge in [-0.05, 0) is 36.5 Å². The molecule has 2 heterocycles. The topological polar surface area (TPSA) is 47.4 Å². The Balaban J connectivity index is 1.76. The van der Waals surface area contributed by atoms with Gasteiger partial charge in [0.15, 0.2) is 5.90 Å². The molecule has 2 aromatic rings. The van der Waals surface area contributed by atoms with Crippen LogP contribution < -0.4 is 0 Å². The standard InChI is InChI=1S/C18H19N3O/c1-12-18(21-13(2)22-12)7-6-17-14(8-18)4-3-5-16(17)15-9-19-11-20-10-15/h3-5,9-12H,6-8H2,1-2H3/t12-,18+/m1/s1. The molecule has 112 valence electrons. The van der Waals surface area contributed by atoms with Crippen molar-refractivity contribution < 1.29 is 4.74 Å². The van der Waals surface area contributed by atoms with Crippen LogP contribution in [-0.2, 0) is 17.6 Å². The Morgan fingerprint density at radius 1 is 1.23 bits per heavy atom. The highest BCUT2D eigenvalue weighted by Gasteiger charge is 2.44. The zero-order valence-electron chi connectivity index (χ0n) is 12.9. The van der Waals surface area contributed by atoms with Gasteiger partial charge >= 0.3 is 0 Å². The molecule has 1 aromatic carbocycles. The first-order valence-corrected chi connectivity index (χ1v) is 7.77. The minimum atomic E-state index is -0.0805. The molecule has 0 unspecified atom stereocenters. The highest BCUT2D eigenvalue weighted by molar-refractivity contribution is 5.76. The van der Waals surface area contributed by atoms with Crippen LogP contribution in [0.1, 0.15) is 31.4 Å². The number of fused-ring (bicyclic) bond motifs is 1. The van der Waals surface area contributed by atoms with Crippen LogP contribution >= 0.6 is 0 Å². The monoisotopic (exact) mass is 293 g/mol. The number of benzene rings is 1. The molecule has 22 heavy (non-hydrogen) atoms. The first kappa shape index (κ1) is 13.4. The van der Waals surface area contributed by atoms with Crippen LogP contribution in [0, 0.1) is 0 Å². The van der Waals surface area contributed by atoms with Gasteiger partial charge in [0.1, 0.15) is 18.0 Å². The summed E-state index contributed by atoms with van der Waals surface area (Å²) in [5.41, 5.74) is 5.05. The van der Waals surface area contributed by atoms with Crippen LogP contribution in [0.4, 0.5) is 0 Å². The van der Waals surface area contributed by atoms with Crippen molar-refractivity contribution in [1.82, 2.24) is 9.97 Å². The highest BCUT2D eigenvalue weighted by atomic mass is 16.5. The van der Waals surface area contributed by atoms with E-state index in [-0.39, 0.29) is 11.6 Å². The van der Waals surface area contributed by atoms with Crippen molar-refractivity contribution in [2.24, 2.45) is 4.99 Å². The summed E-state index contributed by atoms with van der Waals surface area (Å²) in [6.45, 7) is 4.10. The van der Waals surface area contributed by atoms with Gasteiger partial charge in [-0.3, -0.25) is 0 Å². The molecule has 4 rings (SSSR count). The maximum Gasteiger partial charge on any atom is 0.181 e. The summed E-state index contributed by atoms with van der Waals surface area (Å²) < 4.78 is 5.81. The van der Waals surface area contributed by atoms with Crippen molar-refractivity contribution in [3.05, 3.63) is 48.0 Å². The molecular weight excluding hydrogens is 274 g/mol. The molecule has 1 aliphatic carbocycles. The predicted octanol–water partition coefficient (Wildman–Crippen LogP) is 3.21. The normalized spacial score (nSPS) is 26.5. The van der Waals surface area contributed by atoms with E-state index >= 15 is 0 Å². The van der Waals surface area contributed by atoms with Gasteiger partial charge in [0.25, 0.3) is 0 Å². The van der Waals surface area contributed by atoms with E-state index in [4.69, 9.17) is 9.73 Å². The number of aromatic nitrogens is 2. The second kappa shape index (κ2) is 4.90. The second-order valence-electron chi connectivity index (χ2n) is 6.24. The van der Waals surface area contributed by atoms with Gasteiger partial charge < -0.3 is 4.74 Å². The molecule has 0 amide bonds. The van der Waals surface area contributed by atoms with Gasteiger partial charge in [0, 0.05) is 31.3 Å². The van der Waals surface area contributed by atoms with Crippen LogP contribution in [0.15, 0.2) is 41.9 Å². The quantitative estimate of drug-likeness (QED) is 0.811. The molecule has 4 nitrogen and oxygen atoms in total. The molecule has 1 aromatic heterocycles. The summed E-state index contributed by atoms with van der Waals surface area (Å²) in [5.74, 6) is 0.823. The number of rotatable bonds is 1. The van der Waals surface area contributed by atoms with Crippen LogP contribution in [-0.4, -0.2) is 27.5 Å². The van der Waals surface area contributed by atoms with E-state index in [0.717, 1.165) is 30.7 Å². The Hall–Kier alpha value is -2.23. The van der Waals surface area contributed by atoms with E-state index in [1.165, 1.54) is 16.7 Å². The lowest BCUT2D eigenvalue weighted by Gasteiger charge is -2.35. The van der Waals surface area contributed by atoms with E-state index < -0.39 is 0 Å². The maximum absolute atomic E-state index is 5.81. The summed E-state index contributed by atoms with van der Waals surface area (Å²) in [6, 6.07) is 6.51. The van der Waals surface area contributed by atoms with Crippen LogP contribution in [0.25, 0.3) is 11.1 Å². The van der Waals surface area contributed by atoms with E-state index in [1.807, 2.05) is 19.3 Å². The minimum absolute atomic E-state index is 0.0805. The van der Waals surface area contributed by atoms with Gasteiger partial charge in [-0.1, -0.05) is 18.2 Å². The molecule has 0 radical (unpaired) electrons. The molecule has 0 N–H and O–H groups in total. The zero-order valence-corrected chi connectivity index (χ0v) is 12.9. The van der Waals surface area contributed by atoms with E-state index in [9.17, 15) is 0 Å². The van der Waals surface area contributed by atoms with Crippen molar-refractivity contribution >= 4 is 5.90 Å². The molecule has 0 fully saturated rings. The van der Waals surface area contributed by atoms with Gasteiger partial charge in [0.05, 0.1) is 0 Å². The highest BCUT2D eigenvalue weighted by Crippen LogP contribution is 2.41. The van der Waals surface area contributed by atoms with Crippen LogP contribution in [0.5, 0.6) is 0 Å². The third-order valence-electron chi connectivity index (χ3n) is 4.93. The molecule has 2 aliphatic rings. The Morgan fingerprint density at radius 2 is 2.05 bits per heavy atom. The van der Waals surface area contributed by atoms with Crippen molar-refractivity contribution in [3.63, 3.8) is 0 Å². The Kier molecular flexibility index (Phi) is 2.99. The van der Waals surface area contributed by atoms with Gasteiger partial charge in [-0.15, -0.1) is 0 Å². The number of nitrogens with zero attached hydrogens (tertiary/aromatic N) is 3.